The Morgan fingerprint density at radius 2 is 2.09 bits per heavy atom. The highest BCUT2D eigenvalue weighted by atomic mass is 16.2. The molecule has 2 aromatic heterocycles. The zero-order valence-electron chi connectivity index (χ0n) is 13.0. The van der Waals surface area contributed by atoms with Crippen molar-refractivity contribution in [3.8, 4) is 11.3 Å². The number of hydrogen-bond acceptors (Lipinski definition) is 4. The van der Waals surface area contributed by atoms with E-state index in [2.05, 4.69) is 15.4 Å². The molecule has 2 rings (SSSR count). The summed E-state index contributed by atoms with van der Waals surface area (Å²) in [6.07, 6.45) is 4.17. The Bertz CT molecular complexity index is 697. The fourth-order valence-corrected chi connectivity index (χ4v) is 1.95. The molecule has 0 aliphatic carbocycles. The van der Waals surface area contributed by atoms with E-state index in [9.17, 15) is 9.59 Å². The first-order valence-corrected chi connectivity index (χ1v) is 7.33. The number of carbonyl (C=O) groups excluding carboxylic acids is 1. The molecule has 0 aromatic carbocycles. The maximum absolute atomic E-state index is 12.2. The van der Waals surface area contributed by atoms with E-state index in [4.69, 9.17) is 0 Å². The summed E-state index contributed by atoms with van der Waals surface area (Å²) in [6.45, 7) is 5.58. The molecule has 0 radical (unpaired) electrons. The molecule has 0 spiro atoms. The summed E-state index contributed by atoms with van der Waals surface area (Å²) in [6, 6.07) is 6.10. The average molecular weight is 300 g/mol. The third-order valence-electron chi connectivity index (χ3n) is 3.53. The summed E-state index contributed by atoms with van der Waals surface area (Å²) >= 11 is 0. The van der Waals surface area contributed by atoms with Crippen LogP contribution in [0.3, 0.4) is 0 Å². The largest absolute Gasteiger partial charge is 0.352 e. The summed E-state index contributed by atoms with van der Waals surface area (Å²) in [7, 11) is 0. The van der Waals surface area contributed by atoms with Gasteiger partial charge in [0, 0.05) is 30.1 Å². The van der Waals surface area contributed by atoms with E-state index in [1.54, 1.807) is 31.5 Å². The maximum Gasteiger partial charge on any atom is 0.267 e. The molecule has 0 bridgehead atoms. The van der Waals surface area contributed by atoms with E-state index < -0.39 is 6.04 Å². The van der Waals surface area contributed by atoms with Crippen molar-refractivity contribution in [3.63, 3.8) is 0 Å². The first-order chi connectivity index (χ1) is 10.5. The molecule has 2 aromatic rings. The molecule has 0 saturated carbocycles. The minimum atomic E-state index is -0.668. The van der Waals surface area contributed by atoms with Crippen LogP contribution in [0.1, 0.15) is 33.2 Å². The van der Waals surface area contributed by atoms with Crippen molar-refractivity contribution in [2.75, 3.05) is 0 Å². The van der Waals surface area contributed by atoms with Crippen LogP contribution in [0, 0.1) is 0 Å². The highest BCUT2D eigenvalue weighted by molar-refractivity contribution is 5.80. The molecule has 0 saturated heterocycles. The molecule has 2 unspecified atom stereocenters. The van der Waals surface area contributed by atoms with Crippen molar-refractivity contribution in [1.29, 1.82) is 0 Å². The van der Waals surface area contributed by atoms with Gasteiger partial charge in [0.15, 0.2) is 0 Å². The fourth-order valence-electron chi connectivity index (χ4n) is 1.95. The van der Waals surface area contributed by atoms with Gasteiger partial charge in [-0.25, -0.2) is 4.68 Å². The van der Waals surface area contributed by atoms with Gasteiger partial charge in [-0.1, -0.05) is 6.92 Å². The van der Waals surface area contributed by atoms with Gasteiger partial charge in [-0.3, -0.25) is 14.6 Å². The van der Waals surface area contributed by atoms with Crippen LogP contribution in [0.2, 0.25) is 0 Å². The molecule has 22 heavy (non-hydrogen) atoms. The van der Waals surface area contributed by atoms with E-state index in [0.717, 1.165) is 12.0 Å². The first-order valence-electron chi connectivity index (χ1n) is 7.33. The molecule has 6 nitrogen and oxygen atoms in total. The topological polar surface area (TPSA) is 76.9 Å². The van der Waals surface area contributed by atoms with Gasteiger partial charge in [0.05, 0.1) is 5.69 Å². The average Bonchev–Trinajstić information content (AvgIpc) is 2.55. The second-order valence-corrected chi connectivity index (χ2v) is 5.24. The molecule has 0 fully saturated rings. The third-order valence-corrected chi connectivity index (χ3v) is 3.53. The number of nitrogens with zero attached hydrogens (tertiary/aromatic N) is 3. The molecule has 2 atom stereocenters. The molecule has 6 heteroatoms. The molecular weight excluding hydrogens is 280 g/mol. The summed E-state index contributed by atoms with van der Waals surface area (Å²) < 4.78 is 1.21. The number of rotatable bonds is 5. The van der Waals surface area contributed by atoms with Crippen LogP contribution in [0.4, 0.5) is 0 Å². The lowest BCUT2D eigenvalue weighted by molar-refractivity contribution is -0.124. The zero-order valence-corrected chi connectivity index (χ0v) is 13.0. The molecule has 116 valence electrons. The molecule has 1 amide bonds. The standard InChI is InChI=1S/C16H20N4O2/c1-4-11(2)18-16(22)12(3)20-15(21)8-7-14(19-20)13-6-5-9-17-10-13/h5-12H,4H2,1-3H3,(H,18,22). The van der Waals surface area contributed by atoms with Gasteiger partial charge in [-0.15, -0.1) is 0 Å². The van der Waals surface area contributed by atoms with Gasteiger partial charge in [0.25, 0.3) is 5.56 Å². The number of nitrogens with one attached hydrogen (secondary N) is 1. The van der Waals surface area contributed by atoms with Crippen LogP contribution >= 0.6 is 0 Å². The van der Waals surface area contributed by atoms with Crippen molar-refractivity contribution in [2.24, 2.45) is 0 Å². The van der Waals surface area contributed by atoms with Crippen molar-refractivity contribution >= 4 is 5.91 Å². The smallest absolute Gasteiger partial charge is 0.267 e. The quantitative estimate of drug-likeness (QED) is 0.913. The number of aromatic nitrogens is 3. The van der Waals surface area contributed by atoms with Crippen molar-refractivity contribution in [2.45, 2.75) is 39.3 Å². The summed E-state index contributed by atoms with van der Waals surface area (Å²) in [5.74, 6) is -0.215. The lowest BCUT2D eigenvalue weighted by Gasteiger charge is -2.17. The van der Waals surface area contributed by atoms with Gasteiger partial charge < -0.3 is 5.32 Å². The van der Waals surface area contributed by atoms with Gasteiger partial charge in [0.1, 0.15) is 6.04 Å². The van der Waals surface area contributed by atoms with Crippen LogP contribution in [-0.4, -0.2) is 26.7 Å². The predicted octanol–water partition coefficient (Wildman–Crippen LogP) is 1.78. The van der Waals surface area contributed by atoms with Gasteiger partial charge >= 0.3 is 0 Å². The van der Waals surface area contributed by atoms with Crippen molar-refractivity contribution < 1.29 is 4.79 Å². The molecule has 0 aliphatic heterocycles. The fraction of sp³-hybridized carbons (Fsp3) is 0.375. The van der Waals surface area contributed by atoms with Crippen LogP contribution in [-0.2, 0) is 4.79 Å². The molecule has 2 heterocycles. The highest BCUT2D eigenvalue weighted by Crippen LogP contribution is 2.14. The number of carbonyl (C=O) groups is 1. The highest BCUT2D eigenvalue weighted by Gasteiger charge is 2.19. The van der Waals surface area contributed by atoms with Crippen LogP contribution in [0.5, 0.6) is 0 Å². The summed E-state index contributed by atoms with van der Waals surface area (Å²) in [5, 5.41) is 7.16. The van der Waals surface area contributed by atoms with E-state index in [0.29, 0.717) is 5.69 Å². The molecule has 0 aliphatic rings. The normalized spacial score (nSPS) is 13.4. The monoisotopic (exact) mass is 300 g/mol. The van der Waals surface area contributed by atoms with Crippen LogP contribution < -0.4 is 10.9 Å². The molecular formula is C16H20N4O2. The SMILES string of the molecule is CCC(C)NC(=O)C(C)n1nc(-c2cccnc2)ccc1=O. The van der Waals surface area contributed by atoms with E-state index in [1.165, 1.54) is 10.7 Å². The lowest BCUT2D eigenvalue weighted by atomic mass is 10.2. The maximum atomic E-state index is 12.2. The van der Waals surface area contributed by atoms with Crippen LogP contribution in [0.25, 0.3) is 11.3 Å². The number of pyridine rings is 1. The Kier molecular flexibility index (Phi) is 5.04. The summed E-state index contributed by atoms with van der Waals surface area (Å²) in [4.78, 5) is 28.2. The van der Waals surface area contributed by atoms with Gasteiger partial charge in [-0.2, -0.15) is 5.10 Å². The van der Waals surface area contributed by atoms with E-state index in [1.807, 2.05) is 19.9 Å². The number of hydrogen-bond donors (Lipinski definition) is 1. The van der Waals surface area contributed by atoms with Gasteiger partial charge in [0.2, 0.25) is 5.91 Å². The number of amides is 1. The predicted molar refractivity (Wildman–Crippen MR) is 84.3 cm³/mol. The van der Waals surface area contributed by atoms with E-state index >= 15 is 0 Å². The van der Waals surface area contributed by atoms with E-state index in [-0.39, 0.29) is 17.5 Å². The Hall–Kier alpha value is -2.50. The summed E-state index contributed by atoms with van der Waals surface area (Å²) in [5.41, 5.74) is 1.10. The molecule has 1 N–H and O–H groups in total. The first kappa shape index (κ1) is 15.9. The minimum Gasteiger partial charge on any atom is -0.352 e. The Morgan fingerprint density at radius 3 is 2.73 bits per heavy atom. The second-order valence-electron chi connectivity index (χ2n) is 5.24. The zero-order chi connectivity index (χ0) is 16.1. The second kappa shape index (κ2) is 6.98. The Labute approximate surface area is 129 Å². The van der Waals surface area contributed by atoms with Crippen LogP contribution in [0.15, 0.2) is 41.5 Å². The Morgan fingerprint density at radius 1 is 1.32 bits per heavy atom. The van der Waals surface area contributed by atoms with Crippen molar-refractivity contribution in [3.05, 3.63) is 47.0 Å². The third kappa shape index (κ3) is 3.58. The van der Waals surface area contributed by atoms with Crippen molar-refractivity contribution in [1.82, 2.24) is 20.1 Å². The van der Waals surface area contributed by atoms with Gasteiger partial charge in [-0.05, 0) is 38.5 Å². The Balaban J connectivity index is 2.31. The lowest BCUT2D eigenvalue weighted by Crippen LogP contribution is -2.40. The minimum absolute atomic E-state index is 0.0622.